The first-order chi connectivity index (χ1) is 6.77. The van der Waals surface area contributed by atoms with Crippen LogP contribution in [0.25, 0.3) is 0 Å². The van der Waals surface area contributed by atoms with Crippen LogP contribution in [0.2, 0.25) is 0 Å². The van der Waals surface area contributed by atoms with Crippen LogP contribution in [-0.4, -0.2) is 55.0 Å². The maximum atomic E-state index is 11.5. The molecule has 0 saturated carbocycles. The summed E-state index contributed by atoms with van der Waals surface area (Å²) in [4.78, 5) is 15.8. The van der Waals surface area contributed by atoms with Gasteiger partial charge in [-0.25, -0.2) is 0 Å². The Hall–Kier alpha value is -0.610. The molecule has 14 heavy (non-hydrogen) atoms. The summed E-state index contributed by atoms with van der Waals surface area (Å²) in [6.07, 6.45) is 1.69. The molecule has 0 bridgehead atoms. The van der Waals surface area contributed by atoms with E-state index in [1.165, 1.54) is 0 Å². The van der Waals surface area contributed by atoms with Gasteiger partial charge in [-0.2, -0.15) is 0 Å². The molecule has 1 rings (SSSR count). The Morgan fingerprint density at radius 2 is 2.14 bits per heavy atom. The van der Waals surface area contributed by atoms with Crippen molar-refractivity contribution < 1.29 is 4.79 Å². The molecule has 0 aliphatic carbocycles. The van der Waals surface area contributed by atoms with Gasteiger partial charge in [-0.1, -0.05) is 0 Å². The lowest BCUT2D eigenvalue weighted by Crippen LogP contribution is -2.33. The standard InChI is InChI=1S/C10H21N3O/c1-2-13-9-8-12(6-3-5-11)7-4-10(13)14/h2-9,11H2,1H3. The van der Waals surface area contributed by atoms with Crippen LogP contribution in [0, 0.1) is 0 Å². The van der Waals surface area contributed by atoms with Crippen LogP contribution >= 0.6 is 0 Å². The highest BCUT2D eigenvalue weighted by molar-refractivity contribution is 5.76. The number of hydrogen-bond donors (Lipinski definition) is 1. The van der Waals surface area contributed by atoms with Gasteiger partial charge in [0.25, 0.3) is 0 Å². The molecule has 1 aliphatic rings. The fourth-order valence-corrected chi connectivity index (χ4v) is 1.78. The monoisotopic (exact) mass is 199 g/mol. The molecule has 1 heterocycles. The summed E-state index contributed by atoms with van der Waals surface area (Å²) in [5, 5.41) is 0. The molecule has 1 saturated heterocycles. The van der Waals surface area contributed by atoms with Gasteiger partial charge in [0.05, 0.1) is 0 Å². The molecule has 0 unspecified atom stereocenters. The minimum Gasteiger partial charge on any atom is -0.342 e. The third kappa shape index (κ3) is 3.27. The van der Waals surface area contributed by atoms with Crippen LogP contribution in [0.15, 0.2) is 0 Å². The zero-order valence-electron chi connectivity index (χ0n) is 9.04. The number of nitrogens with two attached hydrogens (primary N) is 1. The summed E-state index contributed by atoms with van der Waals surface area (Å²) in [6, 6.07) is 0. The highest BCUT2D eigenvalue weighted by Crippen LogP contribution is 2.04. The van der Waals surface area contributed by atoms with Gasteiger partial charge in [0.1, 0.15) is 0 Å². The summed E-state index contributed by atoms with van der Waals surface area (Å²) < 4.78 is 0. The van der Waals surface area contributed by atoms with Gasteiger partial charge in [-0.15, -0.1) is 0 Å². The van der Waals surface area contributed by atoms with Crippen LogP contribution in [-0.2, 0) is 4.79 Å². The lowest BCUT2D eigenvalue weighted by molar-refractivity contribution is -0.130. The Bertz CT molecular complexity index is 184. The fraction of sp³-hybridized carbons (Fsp3) is 0.900. The summed E-state index contributed by atoms with van der Waals surface area (Å²) in [5.41, 5.74) is 5.46. The third-order valence-corrected chi connectivity index (χ3v) is 2.74. The van der Waals surface area contributed by atoms with Crippen LogP contribution in [0.3, 0.4) is 0 Å². The minimum atomic E-state index is 0.294. The second-order valence-corrected chi connectivity index (χ2v) is 3.71. The Morgan fingerprint density at radius 3 is 2.79 bits per heavy atom. The van der Waals surface area contributed by atoms with Crippen LogP contribution in [0.1, 0.15) is 19.8 Å². The molecule has 0 aromatic heterocycles. The topological polar surface area (TPSA) is 49.6 Å². The number of hydrogen-bond acceptors (Lipinski definition) is 3. The largest absolute Gasteiger partial charge is 0.342 e. The Kier molecular flexibility index (Phi) is 4.90. The molecule has 1 fully saturated rings. The van der Waals surface area contributed by atoms with Gasteiger partial charge < -0.3 is 15.5 Å². The van der Waals surface area contributed by atoms with Gasteiger partial charge in [0.15, 0.2) is 0 Å². The van der Waals surface area contributed by atoms with E-state index in [1.807, 2.05) is 11.8 Å². The van der Waals surface area contributed by atoms with Crippen molar-refractivity contribution >= 4 is 5.91 Å². The number of likely N-dealkylation sites (N-methyl/N-ethyl adjacent to an activating group) is 1. The maximum Gasteiger partial charge on any atom is 0.223 e. The molecule has 82 valence electrons. The number of rotatable bonds is 4. The predicted octanol–water partition coefficient (Wildman–Crippen LogP) is -0.111. The predicted molar refractivity (Wildman–Crippen MR) is 57.0 cm³/mol. The number of carbonyl (C=O) groups excluding carboxylic acids is 1. The molecule has 0 spiro atoms. The average molecular weight is 199 g/mol. The van der Waals surface area contributed by atoms with E-state index >= 15 is 0 Å². The second kappa shape index (κ2) is 5.98. The lowest BCUT2D eigenvalue weighted by atomic mass is 10.3. The van der Waals surface area contributed by atoms with E-state index < -0.39 is 0 Å². The SMILES string of the molecule is CCN1CCN(CCCN)CCC1=O. The normalized spacial score (nSPS) is 19.9. The molecule has 4 heteroatoms. The van der Waals surface area contributed by atoms with Crippen LogP contribution in [0.5, 0.6) is 0 Å². The van der Waals surface area contributed by atoms with Crippen molar-refractivity contribution in [3.05, 3.63) is 0 Å². The Balaban J connectivity index is 2.35. The van der Waals surface area contributed by atoms with Crippen LogP contribution < -0.4 is 5.73 Å². The molecular formula is C10H21N3O. The summed E-state index contributed by atoms with van der Waals surface area (Å²) in [6.45, 7) is 7.41. The van der Waals surface area contributed by atoms with E-state index in [2.05, 4.69) is 4.90 Å². The second-order valence-electron chi connectivity index (χ2n) is 3.71. The number of amides is 1. The first-order valence-corrected chi connectivity index (χ1v) is 5.48. The van der Waals surface area contributed by atoms with E-state index in [9.17, 15) is 4.79 Å². The summed E-state index contributed by atoms with van der Waals surface area (Å²) >= 11 is 0. The third-order valence-electron chi connectivity index (χ3n) is 2.74. The zero-order valence-corrected chi connectivity index (χ0v) is 9.04. The first kappa shape index (κ1) is 11.5. The first-order valence-electron chi connectivity index (χ1n) is 5.48. The summed E-state index contributed by atoms with van der Waals surface area (Å²) in [7, 11) is 0. The molecule has 0 atom stereocenters. The van der Waals surface area contributed by atoms with Crippen molar-refractivity contribution in [3.63, 3.8) is 0 Å². The molecule has 0 aromatic rings. The van der Waals surface area contributed by atoms with Gasteiger partial charge in [-0.05, 0) is 26.4 Å². The maximum absolute atomic E-state index is 11.5. The molecular weight excluding hydrogens is 178 g/mol. The molecule has 2 N–H and O–H groups in total. The molecule has 1 aliphatic heterocycles. The minimum absolute atomic E-state index is 0.294. The zero-order chi connectivity index (χ0) is 10.4. The smallest absolute Gasteiger partial charge is 0.223 e. The van der Waals surface area contributed by atoms with Gasteiger partial charge in [0, 0.05) is 32.6 Å². The molecule has 4 nitrogen and oxygen atoms in total. The van der Waals surface area contributed by atoms with Crippen molar-refractivity contribution in [2.45, 2.75) is 19.8 Å². The summed E-state index contributed by atoms with van der Waals surface area (Å²) in [5.74, 6) is 0.294. The van der Waals surface area contributed by atoms with E-state index in [-0.39, 0.29) is 0 Å². The Labute approximate surface area is 86.0 Å². The quantitative estimate of drug-likeness (QED) is 0.687. The fourth-order valence-electron chi connectivity index (χ4n) is 1.78. The number of nitrogens with zero attached hydrogens (tertiary/aromatic N) is 2. The van der Waals surface area contributed by atoms with E-state index in [0.717, 1.165) is 45.7 Å². The van der Waals surface area contributed by atoms with Gasteiger partial charge in [-0.3, -0.25) is 4.79 Å². The Morgan fingerprint density at radius 1 is 1.36 bits per heavy atom. The van der Waals surface area contributed by atoms with Crippen molar-refractivity contribution in [1.82, 2.24) is 9.80 Å². The molecule has 0 radical (unpaired) electrons. The van der Waals surface area contributed by atoms with Crippen molar-refractivity contribution in [2.24, 2.45) is 5.73 Å². The van der Waals surface area contributed by atoms with Crippen LogP contribution in [0.4, 0.5) is 0 Å². The molecule has 1 amide bonds. The molecule has 0 aromatic carbocycles. The lowest BCUT2D eigenvalue weighted by Gasteiger charge is -2.20. The highest BCUT2D eigenvalue weighted by Gasteiger charge is 2.18. The van der Waals surface area contributed by atoms with Crippen molar-refractivity contribution in [1.29, 1.82) is 0 Å². The number of carbonyl (C=O) groups is 1. The van der Waals surface area contributed by atoms with E-state index in [4.69, 9.17) is 5.73 Å². The van der Waals surface area contributed by atoms with E-state index in [0.29, 0.717) is 12.3 Å². The van der Waals surface area contributed by atoms with Crippen molar-refractivity contribution in [3.8, 4) is 0 Å². The van der Waals surface area contributed by atoms with E-state index in [1.54, 1.807) is 0 Å². The van der Waals surface area contributed by atoms with Crippen molar-refractivity contribution in [2.75, 3.05) is 39.3 Å². The highest BCUT2D eigenvalue weighted by atomic mass is 16.2. The van der Waals surface area contributed by atoms with Gasteiger partial charge >= 0.3 is 0 Å². The average Bonchev–Trinajstić information content (AvgIpc) is 2.37. The van der Waals surface area contributed by atoms with Gasteiger partial charge in [0.2, 0.25) is 5.91 Å².